The molecule has 34 heavy (non-hydrogen) atoms. The van der Waals surface area contributed by atoms with E-state index < -0.39 is 0 Å². The number of rotatable bonds is 6. The van der Waals surface area contributed by atoms with Crippen LogP contribution in [0.25, 0.3) is 0 Å². The summed E-state index contributed by atoms with van der Waals surface area (Å²) in [6.45, 7) is 2.89. The number of hydrogen-bond donors (Lipinski definition) is 1. The second-order valence-electron chi connectivity index (χ2n) is 10.0. The molecule has 178 valence electrons. The van der Waals surface area contributed by atoms with E-state index in [1.807, 2.05) is 24.9 Å². The normalized spacial score (nSPS) is 24.3. The van der Waals surface area contributed by atoms with Crippen molar-refractivity contribution >= 4 is 35.0 Å². The van der Waals surface area contributed by atoms with E-state index in [1.165, 1.54) is 6.33 Å². The molecule has 1 saturated carbocycles. The third-order valence-corrected chi connectivity index (χ3v) is 7.58. The summed E-state index contributed by atoms with van der Waals surface area (Å²) in [5.74, 6) is 1.94. The lowest BCUT2D eigenvalue weighted by Crippen LogP contribution is -2.49. The topological polar surface area (TPSA) is 94.4 Å². The Balaban J connectivity index is 1.20. The Hall–Kier alpha value is -3.05. The van der Waals surface area contributed by atoms with E-state index >= 15 is 0 Å². The average Bonchev–Trinajstić information content (AvgIpc) is 3.47. The first-order chi connectivity index (χ1) is 16.3. The Morgan fingerprint density at radius 3 is 2.68 bits per heavy atom. The van der Waals surface area contributed by atoms with Crippen molar-refractivity contribution in [2.24, 2.45) is 5.92 Å². The molecule has 2 aromatic rings. The van der Waals surface area contributed by atoms with E-state index in [2.05, 4.69) is 26.3 Å². The van der Waals surface area contributed by atoms with Crippen molar-refractivity contribution in [3.05, 3.63) is 41.2 Å². The Labute approximate surface area is 204 Å². The van der Waals surface area contributed by atoms with Crippen LogP contribution in [0, 0.1) is 17.2 Å². The maximum atomic E-state index is 12.8. The predicted octanol–water partition coefficient (Wildman–Crippen LogP) is 5.11. The molecule has 5 rings (SSSR count). The van der Waals surface area contributed by atoms with Crippen LogP contribution in [0.15, 0.2) is 30.6 Å². The molecule has 1 aromatic carbocycles. The lowest BCUT2D eigenvalue weighted by Gasteiger charge is -2.40. The largest absolute Gasteiger partial charge is 0.443 e. The van der Waals surface area contributed by atoms with Crippen molar-refractivity contribution in [3.63, 3.8) is 0 Å². The zero-order valence-corrected chi connectivity index (χ0v) is 20.3. The monoisotopic (exact) mass is 480 g/mol. The molecular formula is C25H29ClN6O2. The van der Waals surface area contributed by atoms with Crippen LogP contribution in [0.5, 0.6) is 0 Å². The molecule has 8 nitrogen and oxygen atoms in total. The fourth-order valence-corrected chi connectivity index (χ4v) is 5.44. The van der Waals surface area contributed by atoms with E-state index in [0.29, 0.717) is 28.0 Å². The molecular weight excluding hydrogens is 452 g/mol. The van der Waals surface area contributed by atoms with Crippen LogP contribution >= 0.6 is 11.6 Å². The second-order valence-corrected chi connectivity index (χ2v) is 10.4. The number of hydrogen-bond acceptors (Lipinski definition) is 7. The van der Waals surface area contributed by atoms with Gasteiger partial charge in [0.1, 0.15) is 23.6 Å². The summed E-state index contributed by atoms with van der Waals surface area (Å²) in [4.78, 5) is 25.7. The number of anilines is 3. The Kier molecular flexibility index (Phi) is 5.98. The van der Waals surface area contributed by atoms with Crippen LogP contribution in [-0.2, 0) is 4.74 Å². The standard InChI is InChI=1S/C25H29ClN6O2/c1-25(7-8-25)34-24(33)32-18-4-5-19(32)10-17(9-18)14-31(2)23-12-22(28-15-29-23)30-21-6-3-16(13-27)11-20(21)26/h3,6,11-12,15,17-19H,4-5,7-10,14H2,1-2H3,(H,28,29,30). The lowest BCUT2D eigenvalue weighted by molar-refractivity contribution is 0.0278. The zero-order chi connectivity index (χ0) is 23.9. The summed E-state index contributed by atoms with van der Waals surface area (Å²) in [6, 6.07) is 9.62. The number of amides is 1. The molecule has 3 aliphatic rings. The molecule has 2 bridgehead atoms. The number of nitrogens with zero attached hydrogens (tertiary/aromatic N) is 5. The fourth-order valence-electron chi connectivity index (χ4n) is 5.21. The molecule has 2 unspecified atom stereocenters. The number of ether oxygens (including phenoxy) is 1. The minimum absolute atomic E-state index is 0.118. The molecule has 2 atom stereocenters. The van der Waals surface area contributed by atoms with Crippen molar-refractivity contribution < 1.29 is 9.53 Å². The van der Waals surface area contributed by atoms with Gasteiger partial charge in [-0.2, -0.15) is 5.26 Å². The lowest BCUT2D eigenvalue weighted by atomic mass is 9.90. The minimum atomic E-state index is -0.228. The van der Waals surface area contributed by atoms with Gasteiger partial charge in [-0.25, -0.2) is 14.8 Å². The maximum absolute atomic E-state index is 12.8. The Morgan fingerprint density at radius 1 is 1.29 bits per heavy atom. The van der Waals surface area contributed by atoms with Gasteiger partial charge in [-0.05, 0) is 69.6 Å². The van der Waals surface area contributed by atoms with Crippen molar-refractivity contribution in [2.75, 3.05) is 23.8 Å². The van der Waals surface area contributed by atoms with Gasteiger partial charge in [-0.3, -0.25) is 0 Å². The molecule has 1 aromatic heterocycles. The van der Waals surface area contributed by atoms with Gasteiger partial charge in [0.2, 0.25) is 0 Å². The van der Waals surface area contributed by atoms with Gasteiger partial charge >= 0.3 is 6.09 Å². The van der Waals surface area contributed by atoms with Gasteiger partial charge in [-0.1, -0.05) is 11.6 Å². The molecule has 2 aliphatic heterocycles. The highest BCUT2D eigenvalue weighted by atomic mass is 35.5. The smallest absolute Gasteiger partial charge is 0.410 e. The van der Waals surface area contributed by atoms with Crippen molar-refractivity contribution in [1.82, 2.24) is 14.9 Å². The highest BCUT2D eigenvalue weighted by molar-refractivity contribution is 6.33. The number of aromatic nitrogens is 2. The Bertz CT molecular complexity index is 1120. The minimum Gasteiger partial charge on any atom is -0.443 e. The fraction of sp³-hybridized carbons (Fsp3) is 0.520. The second kappa shape index (κ2) is 8.95. The van der Waals surface area contributed by atoms with Crippen LogP contribution in [0.4, 0.5) is 22.1 Å². The van der Waals surface area contributed by atoms with E-state index in [9.17, 15) is 4.79 Å². The molecule has 3 fully saturated rings. The van der Waals surface area contributed by atoms with Crippen LogP contribution in [0.2, 0.25) is 5.02 Å². The molecule has 2 saturated heterocycles. The molecule has 9 heteroatoms. The van der Waals surface area contributed by atoms with Crippen molar-refractivity contribution in [3.8, 4) is 6.07 Å². The van der Waals surface area contributed by atoms with Gasteiger partial charge in [0.15, 0.2) is 0 Å². The van der Waals surface area contributed by atoms with Crippen molar-refractivity contribution in [1.29, 1.82) is 5.26 Å². The predicted molar refractivity (Wildman–Crippen MR) is 130 cm³/mol. The zero-order valence-electron chi connectivity index (χ0n) is 19.5. The highest BCUT2D eigenvalue weighted by Crippen LogP contribution is 2.43. The van der Waals surface area contributed by atoms with Crippen LogP contribution in [0.3, 0.4) is 0 Å². The first kappa shape index (κ1) is 22.7. The van der Waals surface area contributed by atoms with Gasteiger partial charge < -0.3 is 19.9 Å². The first-order valence-electron chi connectivity index (χ1n) is 11.8. The van der Waals surface area contributed by atoms with E-state index in [0.717, 1.165) is 50.9 Å². The van der Waals surface area contributed by atoms with Crippen LogP contribution in [-0.4, -0.2) is 52.2 Å². The third-order valence-electron chi connectivity index (χ3n) is 7.27. The molecule has 0 radical (unpaired) electrons. The number of carbonyl (C=O) groups is 1. The van der Waals surface area contributed by atoms with Gasteiger partial charge in [-0.15, -0.1) is 0 Å². The van der Waals surface area contributed by atoms with E-state index in [-0.39, 0.29) is 23.8 Å². The van der Waals surface area contributed by atoms with Gasteiger partial charge in [0.25, 0.3) is 0 Å². The number of fused-ring (bicyclic) bond motifs is 2. The van der Waals surface area contributed by atoms with Gasteiger partial charge in [0, 0.05) is 31.7 Å². The summed E-state index contributed by atoms with van der Waals surface area (Å²) in [6.07, 6.45) is 7.46. The van der Waals surface area contributed by atoms with Gasteiger partial charge in [0.05, 0.1) is 22.3 Å². The summed E-state index contributed by atoms with van der Waals surface area (Å²) in [5, 5.41) is 12.7. The molecule has 1 aliphatic carbocycles. The summed E-state index contributed by atoms with van der Waals surface area (Å²) in [5.41, 5.74) is 0.964. The summed E-state index contributed by atoms with van der Waals surface area (Å²) >= 11 is 6.29. The maximum Gasteiger partial charge on any atom is 0.410 e. The Morgan fingerprint density at radius 2 is 2.03 bits per heavy atom. The highest BCUT2D eigenvalue weighted by Gasteiger charge is 2.48. The molecule has 3 heterocycles. The number of piperidine rings is 1. The van der Waals surface area contributed by atoms with Crippen molar-refractivity contribution in [2.45, 2.75) is 63.1 Å². The number of carbonyl (C=O) groups excluding carboxylic acids is 1. The summed E-state index contributed by atoms with van der Waals surface area (Å²) in [7, 11) is 2.04. The number of nitrogens with one attached hydrogen (secondary N) is 1. The SMILES string of the molecule is CN(CC1CC2CCC(C1)N2C(=O)OC1(C)CC1)c1cc(Nc2ccc(C#N)cc2Cl)ncn1. The van der Waals surface area contributed by atoms with Crippen LogP contribution < -0.4 is 10.2 Å². The van der Waals surface area contributed by atoms with Crippen LogP contribution in [0.1, 0.15) is 51.0 Å². The number of benzene rings is 1. The quantitative estimate of drug-likeness (QED) is 0.613. The van der Waals surface area contributed by atoms with E-state index in [1.54, 1.807) is 18.2 Å². The molecule has 1 amide bonds. The number of nitriles is 1. The van der Waals surface area contributed by atoms with E-state index in [4.69, 9.17) is 21.6 Å². The molecule has 0 spiro atoms. The number of halogens is 1. The summed E-state index contributed by atoms with van der Waals surface area (Å²) < 4.78 is 5.77. The molecule has 1 N–H and O–H groups in total. The average molecular weight is 481 g/mol. The first-order valence-corrected chi connectivity index (χ1v) is 12.2. The third kappa shape index (κ3) is 4.76.